The Morgan fingerprint density at radius 3 is 2.92 bits per heavy atom. The average Bonchev–Trinajstić information content (AvgIpc) is 2.50. The first kappa shape index (κ1) is 11.4. The second-order valence-electron chi connectivity index (χ2n) is 1.81. The maximum atomic E-state index is 10.9. The zero-order valence-corrected chi connectivity index (χ0v) is 8.08. The van der Waals surface area contributed by atoms with Crippen molar-refractivity contribution in [1.29, 1.82) is 0 Å². The molecular weight excluding hydrogens is 200 g/mol. The Morgan fingerprint density at radius 1 is 1.83 bits per heavy atom. The zero-order valence-electron chi connectivity index (χ0n) is 6.44. The second-order valence-corrected chi connectivity index (χ2v) is 2.93. The van der Waals surface area contributed by atoms with E-state index in [0.717, 1.165) is 5.01 Å². The van der Waals surface area contributed by atoms with Crippen molar-refractivity contribution in [3.63, 3.8) is 0 Å². The number of methoxy groups -OCH3 is 1. The Balaban J connectivity index is 0.00000121. The molecule has 0 atom stereocenters. The number of carbonyl (C=O) groups excluding carboxylic acids is 1. The summed E-state index contributed by atoms with van der Waals surface area (Å²) in [6, 6.07) is 0. The molecule has 1 rings (SSSR count). The van der Waals surface area contributed by atoms with E-state index in [0.29, 0.717) is 11.4 Å². The third-order valence-electron chi connectivity index (χ3n) is 1.11. The van der Waals surface area contributed by atoms with Gasteiger partial charge in [-0.25, -0.2) is 9.78 Å². The van der Waals surface area contributed by atoms with Gasteiger partial charge in [-0.1, -0.05) is 0 Å². The number of carbonyl (C=O) groups is 1. The van der Waals surface area contributed by atoms with Gasteiger partial charge in [0.25, 0.3) is 0 Å². The van der Waals surface area contributed by atoms with Crippen LogP contribution in [0.15, 0.2) is 6.20 Å². The Morgan fingerprint density at radius 2 is 2.50 bits per heavy atom. The number of esters is 1. The van der Waals surface area contributed by atoms with Gasteiger partial charge in [-0.15, -0.1) is 23.7 Å². The van der Waals surface area contributed by atoms with E-state index in [1.807, 2.05) is 0 Å². The molecule has 1 aromatic rings. The van der Waals surface area contributed by atoms with Crippen LogP contribution in [0.5, 0.6) is 0 Å². The minimum Gasteiger partial charge on any atom is -0.465 e. The molecule has 0 saturated carbocycles. The van der Waals surface area contributed by atoms with E-state index in [2.05, 4.69) is 9.72 Å². The monoisotopic (exact) mass is 208 g/mol. The normalized spacial score (nSPS) is 8.83. The molecular formula is C6H9ClN2O2S. The molecule has 0 bridgehead atoms. The lowest BCUT2D eigenvalue weighted by molar-refractivity contribution is 0.0606. The van der Waals surface area contributed by atoms with Crippen LogP contribution in [0, 0.1) is 0 Å². The van der Waals surface area contributed by atoms with E-state index in [1.165, 1.54) is 24.6 Å². The largest absolute Gasteiger partial charge is 0.465 e. The molecule has 4 nitrogen and oxygen atoms in total. The van der Waals surface area contributed by atoms with Crippen molar-refractivity contribution in [2.24, 2.45) is 5.73 Å². The fraction of sp³-hybridized carbons (Fsp3) is 0.333. The molecule has 12 heavy (non-hydrogen) atoms. The van der Waals surface area contributed by atoms with Crippen LogP contribution >= 0.6 is 23.7 Å². The highest BCUT2D eigenvalue weighted by molar-refractivity contribution is 7.13. The topological polar surface area (TPSA) is 65.2 Å². The summed E-state index contributed by atoms with van der Waals surface area (Å²) in [5.74, 6) is -0.359. The first-order valence-electron chi connectivity index (χ1n) is 3.01. The summed E-state index contributed by atoms with van der Waals surface area (Å²) in [5, 5.41) is 0.741. The number of nitrogens with two attached hydrogens (primary N) is 1. The molecule has 0 unspecified atom stereocenters. The van der Waals surface area contributed by atoms with Crippen LogP contribution in [0.3, 0.4) is 0 Å². The lowest BCUT2D eigenvalue weighted by Gasteiger charge is -1.90. The first-order valence-corrected chi connectivity index (χ1v) is 3.82. The summed E-state index contributed by atoms with van der Waals surface area (Å²) in [6.45, 7) is 0.363. The number of hydrogen-bond donors (Lipinski definition) is 1. The highest BCUT2D eigenvalue weighted by Crippen LogP contribution is 2.12. The van der Waals surface area contributed by atoms with Crippen molar-refractivity contribution in [3.05, 3.63) is 16.1 Å². The van der Waals surface area contributed by atoms with Gasteiger partial charge in [-0.05, 0) is 0 Å². The van der Waals surface area contributed by atoms with Crippen molar-refractivity contribution in [1.82, 2.24) is 4.98 Å². The van der Waals surface area contributed by atoms with Crippen molar-refractivity contribution in [2.75, 3.05) is 7.11 Å². The van der Waals surface area contributed by atoms with E-state index >= 15 is 0 Å². The highest BCUT2D eigenvalue weighted by atomic mass is 35.5. The zero-order chi connectivity index (χ0) is 8.27. The maximum Gasteiger partial charge on any atom is 0.349 e. The number of thiazole rings is 1. The minimum atomic E-state index is -0.359. The van der Waals surface area contributed by atoms with Gasteiger partial charge >= 0.3 is 5.97 Å². The van der Waals surface area contributed by atoms with Crippen LogP contribution < -0.4 is 5.73 Å². The number of aromatic nitrogens is 1. The summed E-state index contributed by atoms with van der Waals surface area (Å²) in [6.07, 6.45) is 1.47. The van der Waals surface area contributed by atoms with Crippen LogP contribution in [-0.4, -0.2) is 18.1 Å². The summed E-state index contributed by atoms with van der Waals surface area (Å²) in [4.78, 5) is 15.2. The summed E-state index contributed by atoms with van der Waals surface area (Å²) in [7, 11) is 1.34. The molecule has 0 aliphatic heterocycles. The molecule has 0 amide bonds. The SMILES string of the molecule is COC(=O)c1cnc(CN)s1.Cl. The molecule has 6 heteroatoms. The highest BCUT2D eigenvalue weighted by Gasteiger charge is 2.08. The maximum absolute atomic E-state index is 10.9. The molecule has 0 spiro atoms. The Labute approximate surface area is 80.2 Å². The first-order chi connectivity index (χ1) is 5.27. The van der Waals surface area contributed by atoms with Gasteiger partial charge in [-0.2, -0.15) is 0 Å². The number of rotatable bonds is 2. The van der Waals surface area contributed by atoms with Crippen LogP contribution in [0.2, 0.25) is 0 Å². The smallest absolute Gasteiger partial charge is 0.349 e. The van der Waals surface area contributed by atoms with Crippen molar-refractivity contribution in [3.8, 4) is 0 Å². The number of hydrogen-bond acceptors (Lipinski definition) is 5. The Hall–Kier alpha value is -0.650. The summed E-state index contributed by atoms with van der Waals surface area (Å²) >= 11 is 1.25. The van der Waals surface area contributed by atoms with Crippen LogP contribution in [0.4, 0.5) is 0 Å². The summed E-state index contributed by atoms with van der Waals surface area (Å²) < 4.78 is 4.48. The van der Waals surface area contributed by atoms with Gasteiger partial charge in [0.15, 0.2) is 0 Å². The third kappa shape index (κ3) is 2.44. The quantitative estimate of drug-likeness (QED) is 0.731. The van der Waals surface area contributed by atoms with Gasteiger partial charge in [0, 0.05) is 6.54 Å². The van der Waals surface area contributed by atoms with Gasteiger partial charge in [0.05, 0.1) is 13.3 Å². The van der Waals surface area contributed by atoms with Gasteiger partial charge < -0.3 is 10.5 Å². The van der Waals surface area contributed by atoms with Gasteiger partial charge in [0.1, 0.15) is 9.88 Å². The molecule has 1 heterocycles. The van der Waals surface area contributed by atoms with E-state index in [1.54, 1.807) is 0 Å². The molecule has 0 radical (unpaired) electrons. The van der Waals surface area contributed by atoms with E-state index in [9.17, 15) is 4.79 Å². The van der Waals surface area contributed by atoms with Crippen molar-refractivity contribution in [2.45, 2.75) is 6.54 Å². The number of halogens is 1. The summed E-state index contributed by atoms with van der Waals surface area (Å²) in [5.41, 5.74) is 5.30. The Bertz CT molecular complexity index is 264. The van der Waals surface area contributed by atoms with Gasteiger partial charge in [0.2, 0.25) is 0 Å². The molecule has 0 fully saturated rings. The molecule has 0 aliphatic rings. The number of nitrogens with zero attached hydrogens (tertiary/aromatic N) is 1. The van der Waals surface area contributed by atoms with Crippen molar-refractivity contribution >= 4 is 29.7 Å². The van der Waals surface area contributed by atoms with E-state index in [4.69, 9.17) is 5.73 Å². The fourth-order valence-electron chi connectivity index (χ4n) is 0.600. The van der Waals surface area contributed by atoms with Crippen molar-refractivity contribution < 1.29 is 9.53 Å². The predicted molar refractivity (Wildman–Crippen MR) is 48.6 cm³/mol. The third-order valence-corrected chi connectivity index (χ3v) is 2.11. The molecule has 68 valence electrons. The van der Waals surface area contributed by atoms with Crippen LogP contribution in [0.1, 0.15) is 14.7 Å². The van der Waals surface area contributed by atoms with Gasteiger partial charge in [-0.3, -0.25) is 0 Å². The standard InChI is InChI=1S/C6H8N2O2S.ClH/c1-10-6(9)4-3-8-5(2-7)11-4;/h3H,2,7H2,1H3;1H. The average molecular weight is 209 g/mol. The predicted octanol–water partition coefficient (Wildman–Crippen LogP) is 0.810. The molecule has 0 aliphatic carbocycles. The minimum absolute atomic E-state index is 0. The van der Waals surface area contributed by atoms with E-state index < -0.39 is 0 Å². The van der Waals surface area contributed by atoms with E-state index in [-0.39, 0.29) is 18.4 Å². The van der Waals surface area contributed by atoms with Crippen LogP contribution in [-0.2, 0) is 11.3 Å². The fourth-order valence-corrected chi connectivity index (χ4v) is 1.31. The number of ether oxygens (including phenoxy) is 1. The lowest BCUT2D eigenvalue weighted by Crippen LogP contribution is -1.97. The Kier molecular flexibility index (Phi) is 4.80. The van der Waals surface area contributed by atoms with Crippen LogP contribution in [0.25, 0.3) is 0 Å². The molecule has 0 saturated heterocycles. The lowest BCUT2D eigenvalue weighted by atomic mass is 10.6. The molecule has 0 aromatic carbocycles. The molecule has 1 aromatic heterocycles. The second kappa shape index (κ2) is 5.08. The molecule has 2 N–H and O–H groups in total.